The molecule has 0 amide bonds. The van der Waals surface area contributed by atoms with Crippen molar-refractivity contribution >= 4 is 22.4 Å². The molecule has 1 N–H and O–H groups in total. The Morgan fingerprint density at radius 3 is 2.62 bits per heavy atom. The fourth-order valence-electron chi connectivity index (χ4n) is 3.14. The molecule has 2 nitrogen and oxygen atoms in total. The molecular weight excluding hydrogens is 302 g/mol. The Morgan fingerprint density at radius 1 is 1.19 bits per heavy atom. The van der Waals surface area contributed by atoms with Gasteiger partial charge in [0.05, 0.1) is 11.0 Å². The third-order valence-corrected chi connectivity index (χ3v) is 6.47. The van der Waals surface area contributed by atoms with Gasteiger partial charge in [0.1, 0.15) is 0 Å². The molecule has 0 aromatic heterocycles. The van der Waals surface area contributed by atoms with E-state index in [4.69, 9.17) is 11.6 Å². The molecule has 1 saturated carbocycles. The second-order valence-electron chi connectivity index (χ2n) is 5.81. The molecular formula is C17H26ClNOS. The average Bonchev–Trinajstić information content (AvgIpc) is 2.44. The molecule has 0 bridgehead atoms. The van der Waals surface area contributed by atoms with E-state index in [9.17, 15) is 4.21 Å². The molecule has 0 saturated heterocycles. The third kappa shape index (κ3) is 5.08. The quantitative estimate of drug-likeness (QED) is 0.874. The molecule has 3 atom stereocenters. The van der Waals surface area contributed by atoms with Gasteiger partial charge in [-0.15, -0.1) is 0 Å². The van der Waals surface area contributed by atoms with Crippen molar-refractivity contribution in [3.63, 3.8) is 0 Å². The SMILES string of the molecule is CCNC1CCCCCCC1S(=O)Cc1ccccc1Cl. The Balaban J connectivity index is 2.07. The molecule has 4 heteroatoms. The lowest BCUT2D eigenvalue weighted by atomic mass is 9.96. The highest BCUT2D eigenvalue weighted by Crippen LogP contribution is 2.25. The van der Waals surface area contributed by atoms with Crippen molar-refractivity contribution in [3.05, 3.63) is 34.9 Å². The third-order valence-electron chi connectivity index (χ3n) is 4.26. The van der Waals surface area contributed by atoms with Crippen molar-refractivity contribution in [3.8, 4) is 0 Å². The van der Waals surface area contributed by atoms with E-state index in [2.05, 4.69) is 12.2 Å². The van der Waals surface area contributed by atoms with E-state index >= 15 is 0 Å². The number of halogens is 1. The predicted molar refractivity (Wildman–Crippen MR) is 92.3 cm³/mol. The van der Waals surface area contributed by atoms with Crippen LogP contribution in [0.4, 0.5) is 0 Å². The van der Waals surface area contributed by atoms with Crippen molar-refractivity contribution < 1.29 is 4.21 Å². The summed E-state index contributed by atoms with van der Waals surface area (Å²) in [5.74, 6) is 0.576. The molecule has 0 heterocycles. The van der Waals surface area contributed by atoms with Gasteiger partial charge in [-0.3, -0.25) is 4.21 Å². The van der Waals surface area contributed by atoms with Gasteiger partial charge in [-0.2, -0.15) is 0 Å². The molecule has 21 heavy (non-hydrogen) atoms. The summed E-state index contributed by atoms with van der Waals surface area (Å²) in [5.41, 5.74) is 1.01. The van der Waals surface area contributed by atoms with Crippen LogP contribution in [0.15, 0.2) is 24.3 Å². The minimum atomic E-state index is -0.865. The molecule has 0 radical (unpaired) electrons. The summed E-state index contributed by atoms with van der Waals surface area (Å²) >= 11 is 6.21. The molecule has 1 fully saturated rings. The monoisotopic (exact) mass is 327 g/mol. The van der Waals surface area contributed by atoms with Gasteiger partial charge < -0.3 is 5.32 Å². The van der Waals surface area contributed by atoms with Crippen molar-refractivity contribution in [1.29, 1.82) is 0 Å². The summed E-state index contributed by atoms with van der Waals surface area (Å²) in [6, 6.07) is 8.16. The van der Waals surface area contributed by atoms with Gasteiger partial charge in [-0.25, -0.2) is 0 Å². The van der Waals surface area contributed by atoms with E-state index in [-0.39, 0.29) is 5.25 Å². The van der Waals surface area contributed by atoms with Gasteiger partial charge in [0, 0.05) is 21.9 Å². The van der Waals surface area contributed by atoms with Crippen LogP contribution in [-0.2, 0) is 16.6 Å². The zero-order chi connectivity index (χ0) is 15.1. The van der Waals surface area contributed by atoms with Gasteiger partial charge >= 0.3 is 0 Å². The fraction of sp³-hybridized carbons (Fsp3) is 0.647. The lowest BCUT2D eigenvalue weighted by Crippen LogP contribution is -2.43. The number of benzene rings is 1. The van der Waals surface area contributed by atoms with E-state index in [1.165, 1.54) is 25.7 Å². The normalized spacial score (nSPS) is 25.0. The first-order valence-corrected chi connectivity index (χ1v) is 9.82. The molecule has 0 spiro atoms. The topological polar surface area (TPSA) is 29.1 Å². The maximum absolute atomic E-state index is 12.9. The molecule has 118 valence electrons. The molecule has 1 aromatic carbocycles. The van der Waals surface area contributed by atoms with E-state index in [0.29, 0.717) is 11.8 Å². The van der Waals surface area contributed by atoms with E-state index in [1.54, 1.807) is 0 Å². The van der Waals surface area contributed by atoms with Gasteiger partial charge in [-0.1, -0.05) is 62.4 Å². The highest BCUT2D eigenvalue weighted by Gasteiger charge is 2.27. The van der Waals surface area contributed by atoms with Crippen molar-refractivity contribution in [2.24, 2.45) is 0 Å². The van der Waals surface area contributed by atoms with Crippen LogP contribution in [0.1, 0.15) is 51.0 Å². The van der Waals surface area contributed by atoms with E-state index in [1.807, 2.05) is 24.3 Å². The van der Waals surface area contributed by atoms with Gasteiger partial charge in [0.15, 0.2) is 0 Å². The average molecular weight is 328 g/mol. The Bertz CT molecular complexity index is 466. The van der Waals surface area contributed by atoms with Crippen LogP contribution in [0.3, 0.4) is 0 Å². The first-order chi connectivity index (χ1) is 10.2. The van der Waals surface area contributed by atoms with Crippen molar-refractivity contribution in [1.82, 2.24) is 5.32 Å². The predicted octanol–water partition coefficient (Wildman–Crippen LogP) is 4.29. The lowest BCUT2D eigenvalue weighted by molar-refractivity contribution is 0.400. The number of hydrogen-bond donors (Lipinski definition) is 1. The van der Waals surface area contributed by atoms with Gasteiger partial charge in [-0.05, 0) is 31.0 Å². The second kappa shape index (κ2) is 8.92. The van der Waals surface area contributed by atoms with Crippen LogP contribution in [-0.4, -0.2) is 22.0 Å². The first kappa shape index (κ1) is 17.0. The van der Waals surface area contributed by atoms with E-state index in [0.717, 1.165) is 30.0 Å². The standard InChI is InChI=1S/C17H26ClNOS/c1-2-19-16-11-5-3-4-6-12-17(16)21(20)13-14-9-7-8-10-15(14)18/h7-10,16-17,19H,2-6,11-13H2,1H3. The highest BCUT2D eigenvalue weighted by molar-refractivity contribution is 7.84. The second-order valence-corrected chi connectivity index (χ2v) is 7.87. The summed E-state index contributed by atoms with van der Waals surface area (Å²) in [7, 11) is -0.865. The molecule has 3 unspecified atom stereocenters. The van der Waals surface area contributed by atoms with E-state index < -0.39 is 10.8 Å². The largest absolute Gasteiger partial charge is 0.313 e. The van der Waals surface area contributed by atoms with Gasteiger partial charge in [0.25, 0.3) is 0 Å². The lowest BCUT2D eigenvalue weighted by Gasteiger charge is -2.29. The molecule has 0 aliphatic heterocycles. The number of hydrogen-bond acceptors (Lipinski definition) is 2. The summed E-state index contributed by atoms with van der Waals surface area (Å²) in [5, 5.41) is 4.54. The van der Waals surface area contributed by atoms with Crippen LogP contribution in [0.2, 0.25) is 5.02 Å². The fourth-order valence-corrected chi connectivity index (χ4v) is 5.22. The van der Waals surface area contributed by atoms with Crippen molar-refractivity contribution in [2.75, 3.05) is 6.54 Å². The highest BCUT2D eigenvalue weighted by atomic mass is 35.5. The molecule has 2 rings (SSSR count). The zero-order valence-electron chi connectivity index (χ0n) is 12.8. The Hall–Kier alpha value is -0.380. The summed E-state index contributed by atoms with van der Waals surface area (Å²) in [6.45, 7) is 3.08. The van der Waals surface area contributed by atoms with Crippen LogP contribution in [0.5, 0.6) is 0 Å². The summed E-state index contributed by atoms with van der Waals surface area (Å²) < 4.78 is 12.9. The summed E-state index contributed by atoms with van der Waals surface area (Å²) in [4.78, 5) is 0. The molecule has 1 aliphatic rings. The van der Waals surface area contributed by atoms with Crippen molar-refractivity contribution in [2.45, 2.75) is 62.5 Å². The Labute approximate surface area is 136 Å². The van der Waals surface area contributed by atoms with Crippen LogP contribution in [0.25, 0.3) is 0 Å². The van der Waals surface area contributed by atoms with Crippen LogP contribution in [0, 0.1) is 0 Å². The first-order valence-electron chi connectivity index (χ1n) is 8.06. The maximum atomic E-state index is 12.9. The minimum absolute atomic E-state index is 0.251. The minimum Gasteiger partial charge on any atom is -0.313 e. The molecule has 1 aromatic rings. The number of rotatable bonds is 5. The Morgan fingerprint density at radius 2 is 1.90 bits per heavy atom. The van der Waals surface area contributed by atoms with Crippen LogP contribution < -0.4 is 5.32 Å². The maximum Gasteiger partial charge on any atom is 0.0504 e. The number of nitrogens with one attached hydrogen (secondary N) is 1. The Kier molecular flexibility index (Phi) is 7.21. The van der Waals surface area contributed by atoms with Crippen LogP contribution >= 0.6 is 11.6 Å². The zero-order valence-corrected chi connectivity index (χ0v) is 14.4. The molecule has 1 aliphatic carbocycles. The van der Waals surface area contributed by atoms with Gasteiger partial charge in [0.2, 0.25) is 0 Å². The smallest absolute Gasteiger partial charge is 0.0504 e. The summed E-state index contributed by atoms with van der Waals surface area (Å²) in [6.07, 6.45) is 7.24.